The molecule has 0 saturated carbocycles. The molecule has 2 rings (SSSR count). The van der Waals surface area contributed by atoms with Gasteiger partial charge >= 0.3 is 5.69 Å². The first-order valence-electron chi connectivity index (χ1n) is 12.9. The Kier molecular flexibility index (Phi) is 9.03. The van der Waals surface area contributed by atoms with E-state index in [-0.39, 0.29) is 22.4 Å². The smallest absolute Gasteiger partial charge is 0.330 e. The van der Waals surface area contributed by atoms with Crippen LogP contribution in [0.25, 0.3) is 0 Å². The third-order valence-electron chi connectivity index (χ3n) is 9.51. The van der Waals surface area contributed by atoms with E-state index in [9.17, 15) is 19.8 Å². The molecule has 3 N–H and O–H groups in total. The minimum atomic E-state index is -2.45. The quantitative estimate of drug-likeness (QED) is 0.383. The molecule has 1 aliphatic heterocycles. The predicted octanol–water partition coefficient (Wildman–Crippen LogP) is 3.83. The van der Waals surface area contributed by atoms with Crippen LogP contribution < -0.4 is 15.7 Å². The lowest BCUT2D eigenvalue weighted by Gasteiger charge is -2.43. The molecule has 11 heteroatoms. The second-order valence-electron chi connectivity index (χ2n) is 12.9. The van der Waals surface area contributed by atoms with Crippen molar-refractivity contribution in [1.29, 1.82) is 0 Å². The average molecular weight is 545 g/mol. The number of aliphatic hydroxyl groups is 2. The molecule has 36 heavy (non-hydrogen) atoms. The molecule has 4 atom stereocenters. The van der Waals surface area contributed by atoms with E-state index in [4.69, 9.17) is 13.6 Å². The van der Waals surface area contributed by atoms with Gasteiger partial charge in [0.15, 0.2) is 20.3 Å². The van der Waals surface area contributed by atoms with Crippen LogP contribution in [-0.2, 0) is 9.16 Å². The zero-order chi connectivity index (χ0) is 28.0. The molecule has 0 aromatic carbocycles. The van der Waals surface area contributed by atoms with Crippen LogP contribution in [0.5, 0.6) is 5.75 Å². The first-order valence-corrected chi connectivity index (χ1v) is 18.7. The van der Waals surface area contributed by atoms with Gasteiger partial charge in [-0.3, -0.25) is 14.3 Å². The van der Waals surface area contributed by atoms with E-state index in [0.29, 0.717) is 11.8 Å². The number of nitrogens with one attached hydrogen (secondary N) is 1. The van der Waals surface area contributed by atoms with Crippen molar-refractivity contribution in [2.75, 3.05) is 6.61 Å². The zero-order valence-electron chi connectivity index (χ0n) is 24.1. The molecule has 9 nitrogen and oxygen atoms in total. The van der Waals surface area contributed by atoms with E-state index in [1.54, 1.807) is 0 Å². The molecular formula is C25H48N2O7Si2. The van der Waals surface area contributed by atoms with Gasteiger partial charge in [-0.2, -0.15) is 0 Å². The van der Waals surface area contributed by atoms with Gasteiger partial charge in [0.2, 0.25) is 0 Å². The van der Waals surface area contributed by atoms with Gasteiger partial charge in [-0.1, -0.05) is 55.4 Å². The highest BCUT2D eigenvalue weighted by molar-refractivity contribution is 6.75. The zero-order valence-corrected chi connectivity index (χ0v) is 26.1. The first-order chi connectivity index (χ1) is 16.2. The van der Waals surface area contributed by atoms with E-state index in [1.807, 2.05) is 13.1 Å². The van der Waals surface area contributed by atoms with Crippen molar-refractivity contribution >= 4 is 16.6 Å². The van der Waals surface area contributed by atoms with Gasteiger partial charge in [0.25, 0.3) is 13.9 Å². The number of hydrogen-bond acceptors (Lipinski definition) is 7. The maximum atomic E-state index is 12.7. The number of ether oxygens (including phenoxy) is 1. The van der Waals surface area contributed by atoms with Crippen molar-refractivity contribution < 1.29 is 23.8 Å². The van der Waals surface area contributed by atoms with Crippen LogP contribution in [0.15, 0.2) is 15.8 Å². The van der Waals surface area contributed by atoms with Crippen LogP contribution in [-0.4, -0.2) is 61.3 Å². The van der Waals surface area contributed by atoms with Crippen molar-refractivity contribution in [3.8, 4) is 5.75 Å². The second kappa shape index (κ2) is 10.5. The average Bonchev–Trinajstić information content (AvgIpc) is 3.02. The molecule has 0 radical (unpaired) electrons. The van der Waals surface area contributed by atoms with Gasteiger partial charge in [-0.15, -0.1) is 0 Å². The Bertz CT molecular complexity index is 1030. The Morgan fingerprint density at radius 3 is 1.97 bits per heavy atom. The van der Waals surface area contributed by atoms with Gasteiger partial charge in [-0.25, -0.2) is 4.79 Å². The van der Waals surface area contributed by atoms with Crippen LogP contribution in [0.1, 0.15) is 61.6 Å². The third kappa shape index (κ3) is 5.75. The summed E-state index contributed by atoms with van der Waals surface area (Å²) in [5.74, 6) is 0.712. The summed E-state index contributed by atoms with van der Waals surface area (Å²) in [6, 6.07) is 0. The molecule has 0 unspecified atom stereocenters. The Morgan fingerprint density at radius 1 is 0.972 bits per heavy atom. The maximum absolute atomic E-state index is 12.7. The minimum absolute atomic E-state index is 0.00259. The molecule has 1 aromatic rings. The number of nitrogens with zero attached hydrogens (tertiary/aromatic N) is 1. The molecule has 0 amide bonds. The number of aromatic nitrogens is 2. The van der Waals surface area contributed by atoms with Crippen molar-refractivity contribution in [2.24, 2.45) is 11.8 Å². The van der Waals surface area contributed by atoms with Crippen molar-refractivity contribution in [1.82, 2.24) is 9.55 Å². The highest BCUT2D eigenvalue weighted by Gasteiger charge is 2.49. The molecule has 1 aliphatic rings. The molecule has 0 bridgehead atoms. The fourth-order valence-electron chi connectivity index (χ4n) is 4.10. The monoisotopic (exact) mass is 544 g/mol. The van der Waals surface area contributed by atoms with Crippen LogP contribution in [0.3, 0.4) is 0 Å². The maximum Gasteiger partial charge on any atom is 0.330 e. The van der Waals surface area contributed by atoms with E-state index in [1.165, 1.54) is 6.20 Å². The molecule has 2 heterocycles. The number of aliphatic hydroxyl groups excluding tert-OH is 2. The molecule has 0 aliphatic carbocycles. The Balaban J connectivity index is 2.31. The van der Waals surface area contributed by atoms with E-state index in [2.05, 4.69) is 73.5 Å². The normalized spacial score (nSPS) is 24.1. The summed E-state index contributed by atoms with van der Waals surface area (Å²) < 4.78 is 19.6. The summed E-state index contributed by atoms with van der Waals surface area (Å²) in [6.07, 6.45) is -3.36. The van der Waals surface area contributed by atoms with Crippen LogP contribution in [0.4, 0.5) is 0 Å². The molecule has 1 fully saturated rings. The van der Waals surface area contributed by atoms with Crippen LogP contribution >= 0.6 is 0 Å². The summed E-state index contributed by atoms with van der Waals surface area (Å²) in [5, 5.41) is 21.3. The van der Waals surface area contributed by atoms with E-state index >= 15 is 0 Å². The van der Waals surface area contributed by atoms with Gasteiger partial charge in [0.05, 0.1) is 12.8 Å². The predicted molar refractivity (Wildman–Crippen MR) is 147 cm³/mol. The van der Waals surface area contributed by atoms with Crippen molar-refractivity contribution in [3.63, 3.8) is 0 Å². The van der Waals surface area contributed by atoms with Gasteiger partial charge in [-0.05, 0) is 48.1 Å². The van der Waals surface area contributed by atoms with Gasteiger partial charge in [0, 0.05) is 0 Å². The van der Waals surface area contributed by atoms with E-state index < -0.39 is 52.4 Å². The first kappa shape index (κ1) is 31.0. The summed E-state index contributed by atoms with van der Waals surface area (Å²) >= 11 is 0. The molecule has 0 spiro atoms. The van der Waals surface area contributed by atoms with Gasteiger partial charge < -0.3 is 23.8 Å². The summed E-state index contributed by atoms with van der Waals surface area (Å²) in [5.41, 5.74) is -1.38. The van der Waals surface area contributed by atoms with Crippen LogP contribution in [0.2, 0.25) is 36.3 Å². The number of H-pyrrole nitrogens is 1. The Morgan fingerprint density at radius 2 is 1.47 bits per heavy atom. The summed E-state index contributed by atoms with van der Waals surface area (Å²) in [7, 11) is -4.65. The SMILES string of the molecule is CC(C)C(C)(C)[Si](C)(C)OC[C@H]1O[C@@H](n2cc(O[Si](C)(C)C(C)(C)C(C)C)c(=O)[nH]c2=O)[C@H](O)[C@@H]1O. The van der Waals surface area contributed by atoms with Crippen molar-refractivity contribution in [3.05, 3.63) is 27.0 Å². The Hall–Kier alpha value is -1.25. The number of rotatable bonds is 10. The Labute approximate surface area is 217 Å². The minimum Gasteiger partial charge on any atom is -0.539 e. The lowest BCUT2D eigenvalue weighted by atomic mass is 9.99. The van der Waals surface area contributed by atoms with Gasteiger partial charge in [0.1, 0.15) is 18.3 Å². The molecular weight excluding hydrogens is 496 g/mol. The number of hydrogen-bond donors (Lipinski definition) is 3. The lowest BCUT2D eigenvalue weighted by Crippen LogP contribution is -2.49. The fourth-order valence-corrected chi connectivity index (χ4v) is 8.79. The summed E-state index contributed by atoms with van der Waals surface area (Å²) in [6.45, 7) is 25.5. The van der Waals surface area contributed by atoms with E-state index in [0.717, 1.165) is 4.57 Å². The summed E-state index contributed by atoms with van der Waals surface area (Å²) in [4.78, 5) is 27.6. The molecule has 1 aromatic heterocycles. The highest BCUT2D eigenvalue weighted by atomic mass is 28.4. The standard InChI is InChI=1S/C25H48N2O7Si2/c1-15(2)24(5,6)35(9,10)32-14-18-19(28)20(29)22(33-18)27-13-17(21(30)26-23(27)31)34-36(11,12)25(7,8)16(3)4/h13,15-16,18-20,22,28-29H,14H2,1-12H3,(H,26,30,31)/t18-,19-,20-,22-/m1/s1. The van der Waals surface area contributed by atoms with Crippen LogP contribution in [0, 0.1) is 11.8 Å². The number of aromatic amines is 1. The highest BCUT2D eigenvalue weighted by Crippen LogP contribution is 2.46. The third-order valence-corrected chi connectivity index (χ3v) is 18.5. The topological polar surface area (TPSA) is 123 Å². The molecule has 1 saturated heterocycles. The second-order valence-corrected chi connectivity index (χ2v) is 22.0. The molecule has 208 valence electrons. The largest absolute Gasteiger partial charge is 0.539 e. The fraction of sp³-hybridized carbons (Fsp3) is 0.840. The lowest BCUT2D eigenvalue weighted by molar-refractivity contribution is -0.0535. The van der Waals surface area contributed by atoms with Crippen molar-refractivity contribution in [2.45, 2.75) is 116 Å².